The molecule has 0 fully saturated rings. The Balaban J connectivity index is 1.70. The van der Waals surface area contributed by atoms with Gasteiger partial charge >= 0.3 is 0 Å². The molecule has 0 saturated carbocycles. The molecule has 0 aliphatic rings. The number of carbonyl (C=O) groups excluding carboxylic acids is 1. The fourth-order valence-corrected chi connectivity index (χ4v) is 4.98. The van der Waals surface area contributed by atoms with Crippen molar-refractivity contribution in [3.8, 4) is 0 Å². The molecule has 2 aromatic heterocycles. The minimum Gasteiger partial charge on any atom is -0.350 e. The summed E-state index contributed by atoms with van der Waals surface area (Å²) in [7, 11) is -1.50. The monoisotopic (exact) mass is 391 g/mol. The molecule has 1 atom stereocenters. The Labute approximate surface area is 157 Å². The second-order valence-corrected chi connectivity index (χ2v) is 8.37. The molecule has 5 nitrogen and oxygen atoms in total. The van der Waals surface area contributed by atoms with E-state index in [0.29, 0.717) is 10.7 Å². The molecule has 8 heteroatoms. The number of nitrogens with zero attached hydrogens (tertiary/aromatic N) is 2. The van der Waals surface area contributed by atoms with Crippen molar-refractivity contribution in [1.82, 2.24) is 15.3 Å². The van der Waals surface area contributed by atoms with Crippen molar-refractivity contribution < 1.29 is 13.4 Å². The van der Waals surface area contributed by atoms with Crippen LogP contribution in [-0.2, 0) is 10.8 Å². The molecule has 2 heterocycles. The van der Waals surface area contributed by atoms with Crippen LogP contribution in [0, 0.1) is 26.6 Å². The molecule has 0 aliphatic heterocycles. The predicted molar refractivity (Wildman–Crippen MR) is 102 cm³/mol. The number of aryl methyl sites for hydroxylation is 3. The van der Waals surface area contributed by atoms with Crippen LogP contribution in [0.4, 0.5) is 4.39 Å². The molecule has 0 spiro atoms. The van der Waals surface area contributed by atoms with Gasteiger partial charge in [-0.3, -0.25) is 9.00 Å². The van der Waals surface area contributed by atoms with Crippen molar-refractivity contribution in [2.45, 2.75) is 25.7 Å². The number of amides is 1. The average molecular weight is 391 g/mol. The van der Waals surface area contributed by atoms with Crippen molar-refractivity contribution in [3.63, 3.8) is 0 Å². The Bertz CT molecular complexity index is 1020. The number of hydrogen-bond acceptors (Lipinski definition) is 5. The number of rotatable bonds is 5. The summed E-state index contributed by atoms with van der Waals surface area (Å²) in [4.78, 5) is 22.7. The van der Waals surface area contributed by atoms with Crippen molar-refractivity contribution in [1.29, 1.82) is 0 Å². The zero-order valence-corrected chi connectivity index (χ0v) is 16.3. The summed E-state index contributed by atoms with van der Waals surface area (Å²) in [5.74, 6) is 0.0766. The van der Waals surface area contributed by atoms with Gasteiger partial charge in [0.2, 0.25) is 0 Å². The van der Waals surface area contributed by atoms with Gasteiger partial charge in [0, 0.05) is 23.4 Å². The van der Waals surface area contributed by atoms with E-state index in [4.69, 9.17) is 0 Å². The maximum absolute atomic E-state index is 13.6. The molecule has 3 rings (SSSR count). The van der Waals surface area contributed by atoms with E-state index in [9.17, 15) is 13.4 Å². The molecule has 0 aliphatic carbocycles. The van der Waals surface area contributed by atoms with Gasteiger partial charge < -0.3 is 5.32 Å². The molecule has 136 valence electrons. The van der Waals surface area contributed by atoms with Crippen LogP contribution < -0.4 is 5.32 Å². The summed E-state index contributed by atoms with van der Waals surface area (Å²) in [5.41, 5.74) is 1.69. The van der Waals surface area contributed by atoms with Crippen LogP contribution in [0.1, 0.15) is 26.8 Å². The fraction of sp³-hybridized carbons (Fsp3) is 0.278. The van der Waals surface area contributed by atoms with Crippen LogP contribution in [0.3, 0.4) is 0 Å². The van der Waals surface area contributed by atoms with Gasteiger partial charge in [0.15, 0.2) is 0 Å². The highest BCUT2D eigenvalue weighted by atomic mass is 32.2. The highest BCUT2D eigenvalue weighted by Crippen LogP contribution is 2.31. The van der Waals surface area contributed by atoms with Gasteiger partial charge in [0.1, 0.15) is 16.5 Å². The third-order valence-corrected chi connectivity index (χ3v) is 6.53. The third kappa shape index (κ3) is 3.66. The zero-order valence-electron chi connectivity index (χ0n) is 14.6. The maximum Gasteiger partial charge on any atom is 0.261 e. The molecule has 0 bridgehead atoms. The van der Waals surface area contributed by atoms with E-state index < -0.39 is 16.6 Å². The van der Waals surface area contributed by atoms with Gasteiger partial charge in [0.25, 0.3) is 5.91 Å². The summed E-state index contributed by atoms with van der Waals surface area (Å²) in [6.45, 7) is 5.78. The number of hydrogen-bond donors (Lipinski definition) is 1. The normalized spacial score (nSPS) is 12.3. The summed E-state index contributed by atoms with van der Waals surface area (Å²) in [6, 6.07) is 5.96. The van der Waals surface area contributed by atoms with E-state index in [0.717, 1.165) is 21.5 Å². The van der Waals surface area contributed by atoms with Crippen LogP contribution in [0.25, 0.3) is 10.2 Å². The minimum absolute atomic E-state index is 0.147. The Kier molecular flexibility index (Phi) is 5.43. The maximum atomic E-state index is 13.6. The molecule has 26 heavy (non-hydrogen) atoms. The largest absolute Gasteiger partial charge is 0.350 e. The predicted octanol–water partition coefficient (Wildman–Crippen LogP) is 3.29. The highest BCUT2D eigenvalue weighted by molar-refractivity contribution is 7.85. The molecule has 3 aromatic rings. The molecule has 0 saturated heterocycles. The van der Waals surface area contributed by atoms with Crippen LogP contribution in [0.2, 0.25) is 0 Å². The lowest BCUT2D eigenvalue weighted by molar-refractivity contribution is 0.0959. The van der Waals surface area contributed by atoms with E-state index in [-0.39, 0.29) is 23.1 Å². The molecule has 1 N–H and O–H groups in total. The van der Waals surface area contributed by atoms with Crippen molar-refractivity contribution in [2.75, 3.05) is 12.3 Å². The topological polar surface area (TPSA) is 72.0 Å². The standard InChI is InChI=1S/C18H18FN3O2S2/c1-10-15-11(2)21-12(3)22-18(15)25-16(10)17(23)20-8-9-26(24)14-7-5-4-6-13(14)19/h4-7H,8-9H2,1-3H3,(H,20,23). The molecule has 1 amide bonds. The molecular weight excluding hydrogens is 373 g/mol. The van der Waals surface area contributed by atoms with Gasteiger partial charge in [0.05, 0.1) is 20.6 Å². The summed E-state index contributed by atoms with van der Waals surface area (Å²) in [5, 5.41) is 3.67. The smallest absolute Gasteiger partial charge is 0.261 e. The Morgan fingerprint density at radius 3 is 2.69 bits per heavy atom. The van der Waals surface area contributed by atoms with Gasteiger partial charge in [-0.1, -0.05) is 12.1 Å². The first kappa shape index (κ1) is 18.6. The number of fused-ring (bicyclic) bond motifs is 1. The van der Waals surface area contributed by atoms with E-state index in [1.807, 2.05) is 20.8 Å². The molecule has 0 radical (unpaired) electrons. The first-order valence-electron chi connectivity index (χ1n) is 8.04. The second-order valence-electron chi connectivity index (χ2n) is 5.83. The SMILES string of the molecule is Cc1nc(C)c2c(C)c(C(=O)NCCS(=O)c3ccccc3F)sc2n1. The van der Waals surface area contributed by atoms with E-state index in [1.54, 1.807) is 12.1 Å². The first-order chi connectivity index (χ1) is 12.4. The number of thiophene rings is 1. The van der Waals surface area contributed by atoms with Crippen LogP contribution in [0.5, 0.6) is 0 Å². The van der Waals surface area contributed by atoms with Crippen LogP contribution in [0.15, 0.2) is 29.2 Å². The quantitative estimate of drug-likeness (QED) is 0.724. The Morgan fingerprint density at radius 2 is 1.96 bits per heavy atom. The van der Waals surface area contributed by atoms with Gasteiger partial charge in [-0.15, -0.1) is 11.3 Å². The van der Waals surface area contributed by atoms with E-state index in [2.05, 4.69) is 15.3 Å². The van der Waals surface area contributed by atoms with E-state index >= 15 is 0 Å². The van der Waals surface area contributed by atoms with Crippen molar-refractivity contribution in [2.24, 2.45) is 0 Å². The summed E-state index contributed by atoms with van der Waals surface area (Å²) < 4.78 is 25.8. The van der Waals surface area contributed by atoms with Gasteiger partial charge in [-0.25, -0.2) is 14.4 Å². The number of carbonyl (C=O) groups is 1. The zero-order chi connectivity index (χ0) is 18.8. The minimum atomic E-state index is -1.50. The lowest BCUT2D eigenvalue weighted by Crippen LogP contribution is -2.27. The second kappa shape index (κ2) is 7.59. The summed E-state index contributed by atoms with van der Waals surface area (Å²) >= 11 is 1.32. The van der Waals surface area contributed by atoms with Gasteiger partial charge in [-0.2, -0.15) is 0 Å². The fourth-order valence-electron chi connectivity index (χ4n) is 2.77. The van der Waals surface area contributed by atoms with Crippen LogP contribution in [-0.4, -0.2) is 32.4 Å². The molecule has 1 unspecified atom stereocenters. The lowest BCUT2D eigenvalue weighted by Gasteiger charge is -2.06. The number of nitrogens with one attached hydrogen (secondary N) is 1. The lowest BCUT2D eigenvalue weighted by atomic mass is 10.1. The Morgan fingerprint density at radius 1 is 1.23 bits per heavy atom. The van der Waals surface area contributed by atoms with Crippen LogP contribution >= 0.6 is 11.3 Å². The van der Waals surface area contributed by atoms with Crippen molar-refractivity contribution in [3.05, 3.63) is 52.0 Å². The number of halogens is 1. The number of benzene rings is 1. The summed E-state index contributed by atoms with van der Waals surface area (Å²) in [6.07, 6.45) is 0. The van der Waals surface area contributed by atoms with Gasteiger partial charge in [-0.05, 0) is 38.5 Å². The van der Waals surface area contributed by atoms with Crippen molar-refractivity contribution >= 4 is 38.3 Å². The molecular formula is C18H18FN3O2S2. The average Bonchev–Trinajstić information content (AvgIpc) is 2.91. The Hall–Kier alpha value is -2.19. The number of aromatic nitrogens is 2. The van der Waals surface area contributed by atoms with E-state index in [1.165, 1.54) is 23.5 Å². The highest BCUT2D eigenvalue weighted by Gasteiger charge is 2.19. The third-order valence-electron chi connectivity index (χ3n) is 3.94. The molecule has 1 aromatic carbocycles. The first-order valence-corrected chi connectivity index (χ1v) is 10.2.